The average molecular weight is 887 g/mol. The fraction of sp³-hybridized carbons (Fsp3) is 0.877. The molecule has 6 heteroatoms. The summed E-state index contributed by atoms with van der Waals surface area (Å²) >= 11 is 0. The molecule has 6 nitrogen and oxygen atoms in total. The second kappa shape index (κ2) is 52.5. The van der Waals surface area contributed by atoms with Gasteiger partial charge in [0.1, 0.15) is 13.2 Å². The molecule has 0 aromatic carbocycles. The van der Waals surface area contributed by atoms with E-state index < -0.39 is 6.10 Å². The van der Waals surface area contributed by atoms with Crippen LogP contribution in [0.15, 0.2) is 24.3 Å². The molecule has 0 unspecified atom stereocenters. The Morgan fingerprint density at radius 2 is 0.524 bits per heavy atom. The van der Waals surface area contributed by atoms with E-state index in [0.29, 0.717) is 19.3 Å². The zero-order chi connectivity index (χ0) is 45.8. The van der Waals surface area contributed by atoms with Crippen molar-refractivity contribution in [3.63, 3.8) is 0 Å². The Bertz CT molecular complexity index is 1020. The summed E-state index contributed by atoms with van der Waals surface area (Å²) in [6.45, 7) is 6.63. The molecular weight excluding hydrogens is 781 g/mol. The highest BCUT2D eigenvalue weighted by atomic mass is 16.6. The predicted molar refractivity (Wildman–Crippen MR) is 270 cm³/mol. The topological polar surface area (TPSA) is 78.9 Å². The Morgan fingerprint density at radius 1 is 0.302 bits per heavy atom. The van der Waals surface area contributed by atoms with Gasteiger partial charge >= 0.3 is 17.9 Å². The third kappa shape index (κ3) is 50.7. The van der Waals surface area contributed by atoms with E-state index in [2.05, 4.69) is 45.1 Å². The zero-order valence-electron chi connectivity index (χ0n) is 42.4. The van der Waals surface area contributed by atoms with Gasteiger partial charge in [-0.2, -0.15) is 0 Å². The van der Waals surface area contributed by atoms with E-state index in [-0.39, 0.29) is 31.1 Å². The minimum atomic E-state index is -0.774. The molecule has 0 aliphatic heterocycles. The summed E-state index contributed by atoms with van der Waals surface area (Å²) in [4.78, 5) is 38.0. The fourth-order valence-electron chi connectivity index (χ4n) is 8.20. The fourth-order valence-corrected chi connectivity index (χ4v) is 8.20. The van der Waals surface area contributed by atoms with Gasteiger partial charge in [0.2, 0.25) is 0 Å². The largest absolute Gasteiger partial charge is 0.462 e. The Balaban J connectivity index is 4.30. The molecule has 0 aliphatic rings. The van der Waals surface area contributed by atoms with Crippen molar-refractivity contribution in [1.29, 1.82) is 0 Å². The van der Waals surface area contributed by atoms with Crippen molar-refractivity contribution < 1.29 is 28.6 Å². The van der Waals surface area contributed by atoms with Gasteiger partial charge in [-0.25, -0.2) is 0 Å². The van der Waals surface area contributed by atoms with Crippen molar-refractivity contribution >= 4 is 17.9 Å². The van der Waals surface area contributed by atoms with Crippen molar-refractivity contribution in [2.75, 3.05) is 13.2 Å². The van der Waals surface area contributed by atoms with E-state index in [1.807, 2.05) is 0 Å². The van der Waals surface area contributed by atoms with Crippen LogP contribution in [0.2, 0.25) is 0 Å². The van der Waals surface area contributed by atoms with Crippen LogP contribution in [0.3, 0.4) is 0 Å². The van der Waals surface area contributed by atoms with E-state index in [1.165, 1.54) is 193 Å². The first kappa shape index (κ1) is 60.9. The lowest BCUT2D eigenvalue weighted by Gasteiger charge is -2.18. The van der Waals surface area contributed by atoms with Gasteiger partial charge in [-0.1, -0.05) is 238 Å². The van der Waals surface area contributed by atoms with E-state index in [0.717, 1.165) is 70.6 Å². The maximum absolute atomic E-state index is 12.8. The highest BCUT2D eigenvalue weighted by molar-refractivity contribution is 5.71. The number of esters is 3. The maximum Gasteiger partial charge on any atom is 0.306 e. The van der Waals surface area contributed by atoms with Crippen LogP contribution in [0, 0.1) is 0 Å². The van der Waals surface area contributed by atoms with Gasteiger partial charge in [0.25, 0.3) is 0 Å². The summed E-state index contributed by atoms with van der Waals surface area (Å²) in [5.74, 6) is -0.875. The molecule has 0 fully saturated rings. The third-order valence-electron chi connectivity index (χ3n) is 12.4. The molecular formula is C57H106O6. The van der Waals surface area contributed by atoms with Crippen LogP contribution in [0.4, 0.5) is 0 Å². The highest BCUT2D eigenvalue weighted by Crippen LogP contribution is 2.16. The third-order valence-corrected chi connectivity index (χ3v) is 12.4. The average Bonchev–Trinajstić information content (AvgIpc) is 3.28. The molecule has 0 spiro atoms. The SMILES string of the molecule is CCCCC/C=C\CCCCCCCC(=O)OC[C@H](COC(=O)CCCCCCCCCCCCCCCCCCCCC)OC(=O)CCCCCCC/C=C\CCCCCCC. The Labute approximate surface area is 392 Å². The van der Waals surface area contributed by atoms with Gasteiger partial charge in [-0.15, -0.1) is 0 Å². The first-order valence-electron chi connectivity index (χ1n) is 27.8. The van der Waals surface area contributed by atoms with Crippen molar-refractivity contribution in [3.05, 3.63) is 24.3 Å². The van der Waals surface area contributed by atoms with E-state index in [9.17, 15) is 14.4 Å². The smallest absolute Gasteiger partial charge is 0.306 e. The maximum atomic E-state index is 12.8. The summed E-state index contributed by atoms with van der Waals surface area (Å²) in [6, 6.07) is 0. The molecule has 1 atom stereocenters. The van der Waals surface area contributed by atoms with Crippen LogP contribution in [0.5, 0.6) is 0 Å². The molecule has 370 valence electrons. The number of ether oxygens (including phenoxy) is 3. The van der Waals surface area contributed by atoms with Crippen LogP contribution in [0.1, 0.15) is 303 Å². The van der Waals surface area contributed by atoms with Crippen LogP contribution in [-0.2, 0) is 28.6 Å². The second-order valence-corrected chi connectivity index (χ2v) is 18.8. The number of carbonyl (C=O) groups is 3. The minimum Gasteiger partial charge on any atom is -0.462 e. The standard InChI is InChI=1S/C57H106O6/c1-4-7-10-13-16-19-22-25-27-28-29-30-31-33-35-38-41-44-47-50-56(59)62-53-54(52-61-55(58)49-46-43-40-37-34-24-21-18-15-12-9-6-3)63-57(60)51-48-45-42-39-36-32-26-23-20-17-14-11-8-5-2/h18,21,23,26,54H,4-17,19-20,22,24-25,27-53H2,1-3H3/b21-18-,26-23-/t54-/m1/s1. The summed E-state index contributed by atoms with van der Waals surface area (Å²) < 4.78 is 16.8. The van der Waals surface area contributed by atoms with E-state index in [4.69, 9.17) is 14.2 Å². The molecule has 0 heterocycles. The number of carbonyl (C=O) groups excluding carboxylic acids is 3. The van der Waals surface area contributed by atoms with Gasteiger partial charge < -0.3 is 14.2 Å². The minimum absolute atomic E-state index is 0.0731. The number of rotatable bonds is 51. The summed E-state index contributed by atoms with van der Waals surface area (Å²) in [6.07, 6.45) is 60.2. The Kier molecular flexibility index (Phi) is 50.8. The number of hydrogen-bond donors (Lipinski definition) is 0. The van der Waals surface area contributed by atoms with Crippen molar-refractivity contribution in [2.45, 2.75) is 309 Å². The monoisotopic (exact) mass is 887 g/mol. The lowest BCUT2D eigenvalue weighted by Crippen LogP contribution is -2.30. The lowest BCUT2D eigenvalue weighted by molar-refractivity contribution is -0.167. The molecule has 0 aromatic heterocycles. The number of unbranched alkanes of at least 4 members (excludes halogenated alkanes) is 36. The van der Waals surface area contributed by atoms with Gasteiger partial charge in [-0.05, 0) is 70.6 Å². The molecule has 0 amide bonds. The zero-order valence-corrected chi connectivity index (χ0v) is 42.4. The summed E-state index contributed by atoms with van der Waals surface area (Å²) in [5, 5.41) is 0. The van der Waals surface area contributed by atoms with Crippen molar-refractivity contribution in [1.82, 2.24) is 0 Å². The molecule has 0 saturated heterocycles. The molecule has 0 radical (unpaired) electrons. The van der Waals surface area contributed by atoms with Crippen molar-refractivity contribution in [3.8, 4) is 0 Å². The van der Waals surface area contributed by atoms with Crippen LogP contribution in [0.25, 0.3) is 0 Å². The first-order chi connectivity index (χ1) is 31.0. The molecule has 0 bridgehead atoms. The van der Waals surface area contributed by atoms with Gasteiger partial charge in [0.05, 0.1) is 0 Å². The van der Waals surface area contributed by atoms with E-state index in [1.54, 1.807) is 0 Å². The molecule has 0 saturated carbocycles. The molecule has 0 N–H and O–H groups in total. The van der Waals surface area contributed by atoms with Gasteiger partial charge in [0, 0.05) is 19.3 Å². The van der Waals surface area contributed by atoms with Gasteiger partial charge in [-0.3, -0.25) is 14.4 Å². The highest BCUT2D eigenvalue weighted by Gasteiger charge is 2.19. The number of allylic oxidation sites excluding steroid dienone is 4. The van der Waals surface area contributed by atoms with Crippen molar-refractivity contribution in [2.24, 2.45) is 0 Å². The Morgan fingerprint density at radius 3 is 0.825 bits per heavy atom. The molecule has 0 rings (SSSR count). The molecule has 63 heavy (non-hydrogen) atoms. The van der Waals surface area contributed by atoms with E-state index >= 15 is 0 Å². The lowest BCUT2D eigenvalue weighted by atomic mass is 10.0. The van der Waals surface area contributed by atoms with Gasteiger partial charge in [0.15, 0.2) is 6.10 Å². The van der Waals surface area contributed by atoms with Crippen LogP contribution in [-0.4, -0.2) is 37.2 Å². The summed E-state index contributed by atoms with van der Waals surface area (Å²) in [5.41, 5.74) is 0. The van der Waals surface area contributed by atoms with Crippen LogP contribution >= 0.6 is 0 Å². The molecule has 0 aromatic rings. The van der Waals surface area contributed by atoms with Crippen LogP contribution < -0.4 is 0 Å². The normalized spacial score (nSPS) is 12.1. The quantitative estimate of drug-likeness (QED) is 0.0262. The second-order valence-electron chi connectivity index (χ2n) is 18.8. The first-order valence-corrected chi connectivity index (χ1v) is 27.8. The predicted octanol–water partition coefficient (Wildman–Crippen LogP) is 18.3. The summed E-state index contributed by atoms with van der Waals surface area (Å²) in [7, 11) is 0. The number of hydrogen-bond acceptors (Lipinski definition) is 6. The molecule has 0 aliphatic carbocycles. The Hall–Kier alpha value is -2.11.